The summed E-state index contributed by atoms with van der Waals surface area (Å²) in [6.45, 7) is 0. The summed E-state index contributed by atoms with van der Waals surface area (Å²) >= 11 is 0. The average molecular weight is 368 g/mol. The van der Waals surface area contributed by atoms with Crippen LogP contribution in [0, 0.1) is 0 Å². The van der Waals surface area contributed by atoms with E-state index >= 15 is 0 Å². The minimum absolute atomic E-state index is 0. The van der Waals surface area contributed by atoms with E-state index < -0.39 is 0 Å². The van der Waals surface area contributed by atoms with Crippen molar-refractivity contribution in [3.05, 3.63) is 0 Å². The van der Waals surface area contributed by atoms with E-state index in [9.17, 15) is 0 Å². The molecule has 0 rings (SSSR count). The van der Waals surface area contributed by atoms with Crippen molar-refractivity contribution in [1.29, 1.82) is 0 Å². The first-order chi connectivity index (χ1) is 0. The molecule has 0 unspecified atom stereocenters. The molecule has 0 radical (unpaired) electrons. The summed E-state index contributed by atoms with van der Waals surface area (Å²) < 4.78 is 0. The quantitative estimate of drug-likeness (QED) is 0.515. The third kappa shape index (κ3) is 9.82. The van der Waals surface area contributed by atoms with Gasteiger partial charge >= 0.3 is 94.4 Å². The Bertz CT molecular complexity index is 16.0. The Kier molecular flexibility index (Phi) is 91.6. The van der Waals surface area contributed by atoms with E-state index in [-0.39, 0.29) is 148 Å². The zero-order valence-corrected chi connectivity index (χ0v) is 14.4. The van der Waals surface area contributed by atoms with Gasteiger partial charge in [0.25, 0.3) is 0 Å². The van der Waals surface area contributed by atoms with Gasteiger partial charge in [-0.25, -0.2) is 0 Å². The molecule has 0 aromatic heterocycles. The number of rotatable bonds is 0. The molecule has 0 heterocycles. The maximum Gasteiger partial charge on any atom is 2.00 e. The zero-order chi connectivity index (χ0) is 0. The first-order valence-electron chi connectivity index (χ1n) is 0. The summed E-state index contributed by atoms with van der Waals surface area (Å²) in [5.74, 6) is 0. The molecule has 0 aliphatic heterocycles. The van der Waals surface area contributed by atoms with Gasteiger partial charge in [0.2, 0.25) is 0 Å². The van der Waals surface area contributed by atoms with Crippen molar-refractivity contribution < 1.29 is 53.6 Å². The van der Waals surface area contributed by atoms with Crippen molar-refractivity contribution in [2.24, 2.45) is 0 Å². The van der Waals surface area contributed by atoms with Crippen LogP contribution in [0.25, 0.3) is 0 Å². The number of hydrogen-bond acceptors (Lipinski definition) is 0. The van der Waals surface area contributed by atoms with Gasteiger partial charge in [0.05, 0.1) is 0 Å². The molecular formula is H4BaSrTiZr. The molecule has 4 heavy (non-hydrogen) atoms. The smallest absolute Gasteiger partial charge is 1.00 e. The molecule has 0 aromatic carbocycles. The van der Waals surface area contributed by atoms with Crippen LogP contribution in [0.5, 0.6) is 0 Å². The monoisotopic (exact) mass is 368 g/mol. The van der Waals surface area contributed by atoms with Crippen molar-refractivity contribution >= 4 is 94.4 Å². The van der Waals surface area contributed by atoms with Gasteiger partial charge in [0, 0.05) is 47.9 Å². The van der Waals surface area contributed by atoms with Gasteiger partial charge in [-0.15, -0.1) is 0 Å². The molecule has 0 saturated heterocycles. The van der Waals surface area contributed by atoms with E-state index in [1.165, 1.54) is 0 Å². The summed E-state index contributed by atoms with van der Waals surface area (Å²) in [4.78, 5) is 0. The van der Waals surface area contributed by atoms with Crippen molar-refractivity contribution in [1.82, 2.24) is 0 Å². The van der Waals surface area contributed by atoms with Crippen LogP contribution in [0.15, 0.2) is 0 Å². The molecule has 0 aliphatic carbocycles. The molecule has 0 bridgehead atoms. The summed E-state index contributed by atoms with van der Waals surface area (Å²) in [5.41, 5.74) is 0. The Labute approximate surface area is 144 Å². The predicted molar refractivity (Wildman–Crippen MR) is 16.0 cm³/mol. The van der Waals surface area contributed by atoms with Crippen molar-refractivity contribution in [3.8, 4) is 0 Å². The molecule has 0 nitrogen and oxygen atoms in total. The van der Waals surface area contributed by atoms with Gasteiger partial charge in [-0.1, -0.05) is 0 Å². The molecule has 0 spiro atoms. The molecule has 0 atom stereocenters. The van der Waals surface area contributed by atoms with Crippen molar-refractivity contribution in [3.63, 3.8) is 0 Å². The molecule has 0 saturated carbocycles. The SMILES string of the molecule is [Ba+2].[H-].[H-].[H-].[H-].[Sr+2].[Ti].[Zr]. The third-order valence-corrected chi connectivity index (χ3v) is 0. The second kappa shape index (κ2) is 15.6. The van der Waals surface area contributed by atoms with Gasteiger partial charge in [0.15, 0.2) is 0 Å². The van der Waals surface area contributed by atoms with Gasteiger partial charge in [-0.2, -0.15) is 0 Å². The number of hydrogen-bond donors (Lipinski definition) is 0. The fourth-order valence-corrected chi connectivity index (χ4v) is 0. The maximum absolute atomic E-state index is 0. The van der Waals surface area contributed by atoms with Crippen LogP contribution in [0.1, 0.15) is 5.71 Å². The molecule has 0 aromatic rings. The van der Waals surface area contributed by atoms with Crippen molar-refractivity contribution in [2.75, 3.05) is 0 Å². The van der Waals surface area contributed by atoms with Crippen LogP contribution < -0.4 is 0 Å². The van der Waals surface area contributed by atoms with Gasteiger partial charge in [-0.3, -0.25) is 0 Å². The van der Waals surface area contributed by atoms with E-state index in [0.717, 1.165) is 0 Å². The van der Waals surface area contributed by atoms with E-state index in [4.69, 9.17) is 0 Å². The van der Waals surface area contributed by atoms with E-state index in [2.05, 4.69) is 0 Å². The molecule has 0 N–H and O–H groups in total. The Hall–Kier alpha value is 4.65. The van der Waals surface area contributed by atoms with Crippen LogP contribution >= 0.6 is 0 Å². The van der Waals surface area contributed by atoms with Crippen LogP contribution in [0.4, 0.5) is 0 Å². The average Bonchev–Trinajstić information content (AvgIpc) is 0. The minimum atomic E-state index is 0. The largest absolute Gasteiger partial charge is 2.00 e. The molecular weight excluding hydrogens is 364 g/mol. The summed E-state index contributed by atoms with van der Waals surface area (Å²) in [6.07, 6.45) is 0. The van der Waals surface area contributed by atoms with E-state index in [0.29, 0.717) is 0 Å². The first-order valence-corrected chi connectivity index (χ1v) is 0. The fraction of sp³-hybridized carbons (Fsp3) is 0. The topological polar surface area (TPSA) is 0 Å². The van der Waals surface area contributed by atoms with Crippen LogP contribution in [-0.2, 0) is 47.9 Å². The standard InChI is InChI=1S/Ba.Sr.Ti.Zr.4H/q2*+2;;;4*-1. The molecule has 16 valence electrons. The van der Waals surface area contributed by atoms with Gasteiger partial charge in [0.1, 0.15) is 0 Å². The van der Waals surface area contributed by atoms with E-state index in [1.54, 1.807) is 0 Å². The minimum Gasteiger partial charge on any atom is -1.00 e. The van der Waals surface area contributed by atoms with Gasteiger partial charge < -0.3 is 5.71 Å². The molecule has 0 fully saturated rings. The Balaban J connectivity index is 0. The Morgan fingerprint density at radius 1 is 1.25 bits per heavy atom. The molecule has 0 amide bonds. The van der Waals surface area contributed by atoms with Crippen LogP contribution in [0.3, 0.4) is 0 Å². The van der Waals surface area contributed by atoms with E-state index in [1.807, 2.05) is 0 Å². The van der Waals surface area contributed by atoms with Crippen molar-refractivity contribution in [2.45, 2.75) is 0 Å². The maximum atomic E-state index is 0. The Morgan fingerprint density at radius 3 is 1.25 bits per heavy atom. The second-order valence-electron chi connectivity index (χ2n) is 0. The van der Waals surface area contributed by atoms with Gasteiger partial charge in [-0.05, 0) is 0 Å². The summed E-state index contributed by atoms with van der Waals surface area (Å²) in [7, 11) is 0. The molecule has 0 aliphatic rings. The zero-order valence-electron chi connectivity index (χ0n) is 6.41. The second-order valence-corrected chi connectivity index (χ2v) is 0. The fourth-order valence-electron chi connectivity index (χ4n) is 0. The molecule has 4 heteroatoms. The first kappa shape index (κ1) is 23.4. The van der Waals surface area contributed by atoms with Crippen LogP contribution in [0.2, 0.25) is 0 Å². The summed E-state index contributed by atoms with van der Waals surface area (Å²) in [5, 5.41) is 0. The predicted octanol–water partition coefficient (Wildman–Crippen LogP) is -0.317. The Morgan fingerprint density at radius 2 is 1.25 bits per heavy atom. The van der Waals surface area contributed by atoms with Crippen LogP contribution in [-0.4, -0.2) is 94.4 Å². The third-order valence-electron chi connectivity index (χ3n) is 0. The summed E-state index contributed by atoms with van der Waals surface area (Å²) in [6, 6.07) is 0. The normalized spacial score (nSPS) is 0.